The van der Waals surface area contributed by atoms with E-state index in [2.05, 4.69) is 12.2 Å². The van der Waals surface area contributed by atoms with Crippen LogP contribution in [0.15, 0.2) is 0 Å². The third kappa shape index (κ3) is 20.4. The standard InChI is InChI=1S/C37H73NO9/c1-3-5-7-8-9-10-11-12-13-14-15-16-17-18-19-20-21-22-24-26-32(41)38-29(33(42)30(40)25-23-6-4-2)28-46-37-36(45)35(44)34(43)31(27-39)47-37/h29-31,33-37,39-40,42-45H,3-28H2,1-2H3,(H,38,41)/t29-,30+,31+,33-,34-,35-,36+,37-/m0/s1. The average molecular weight is 676 g/mol. The van der Waals surface area contributed by atoms with Gasteiger partial charge in [0.25, 0.3) is 0 Å². The number of unbranched alkanes of at least 4 members (excludes halogenated alkanes) is 20. The Morgan fingerprint density at radius 3 is 1.57 bits per heavy atom. The summed E-state index contributed by atoms with van der Waals surface area (Å²) in [7, 11) is 0. The molecule has 0 aromatic heterocycles. The lowest BCUT2D eigenvalue weighted by atomic mass is 9.99. The quantitative estimate of drug-likeness (QED) is 0.0475. The van der Waals surface area contributed by atoms with Crippen LogP contribution < -0.4 is 5.32 Å². The highest BCUT2D eigenvalue weighted by Crippen LogP contribution is 2.23. The number of carbonyl (C=O) groups excluding carboxylic acids is 1. The number of amides is 1. The lowest BCUT2D eigenvalue weighted by molar-refractivity contribution is -0.303. The van der Waals surface area contributed by atoms with Gasteiger partial charge >= 0.3 is 0 Å². The second-order valence-corrected chi connectivity index (χ2v) is 13.9. The minimum atomic E-state index is -1.60. The molecule has 1 amide bonds. The summed E-state index contributed by atoms with van der Waals surface area (Å²) in [5.41, 5.74) is 0. The smallest absolute Gasteiger partial charge is 0.220 e. The van der Waals surface area contributed by atoms with Gasteiger partial charge in [0.05, 0.1) is 25.4 Å². The number of nitrogens with one attached hydrogen (secondary N) is 1. The van der Waals surface area contributed by atoms with Crippen LogP contribution in [-0.2, 0) is 14.3 Å². The van der Waals surface area contributed by atoms with Gasteiger partial charge in [-0.25, -0.2) is 0 Å². The van der Waals surface area contributed by atoms with Gasteiger partial charge in [-0.15, -0.1) is 0 Å². The first-order chi connectivity index (χ1) is 22.8. The molecule has 0 aromatic rings. The maximum Gasteiger partial charge on any atom is 0.220 e. The maximum absolute atomic E-state index is 12.8. The molecule has 1 saturated heterocycles. The molecule has 0 aromatic carbocycles. The van der Waals surface area contributed by atoms with Crippen molar-refractivity contribution >= 4 is 5.91 Å². The predicted octanol–water partition coefficient (Wildman–Crippen LogP) is 5.41. The van der Waals surface area contributed by atoms with Crippen molar-refractivity contribution in [1.82, 2.24) is 5.32 Å². The van der Waals surface area contributed by atoms with Crippen LogP contribution in [-0.4, -0.2) is 98.7 Å². The van der Waals surface area contributed by atoms with Gasteiger partial charge in [-0.05, 0) is 12.8 Å². The first-order valence-corrected chi connectivity index (χ1v) is 19.3. The van der Waals surface area contributed by atoms with Crippen molar-refractivity contribution in [2.45, 2.75) is 217 Å². The summed E-state index contributed by atoms with van der Waals surface area (Å²) in [6.07, 6.45) is 17.9. The zero-order valence-electron chi connectivity index (χ0n) is 29.9. The van der Waals surface area contributed by atoms with Crippen LogP contribution in [0.25, 0.3) is 0 Å². The minimum Gasteiger partial charge on any atom is -0.394 e. The first kappa shape index (κ1) is 44.2. The summed E-state index contributed by atoms with van der Waals surface area (Å²) >= 11 is 0. The molecule has 47 heavy (non-hydrogen) atoms. The Kier molecular flexibility index (Phi) is 27.2. The Morgan fingerprint density at radius 2 is 1.11 bits per heavy atom. The number of hydrogen-bond acceptors (Lipinski definition) is 9. The molecule has 0 radical (unpaired) electrons. The second kappa shape index (κ2) is 28.9. The number of rotatable bonds is 31. The van der Waals surface area contributed by atoms with Gasteiger partial charge in [0.2, 0.25) is 5.91 Å². The molecule has 1 fully saturated rings. The van der Waals surface area contributed by atoms with E-state index in [4.69, 9.17) is 9.47 Å². The Morgan fingerprint density at radius 1 is 0.660 bits per heavy atom. The fourth-order valence-corrected chi connectivity index (χ4v) is 6.31. The Labute approximate surface area is 286 Å². The van der Waals surface area contributed by atoms with Crippen LogP contribution in [0.3, 0.4) is 0 Å². The molecular formula is C37H73NO9. The molecule has 1 rings (SSSR count). The molecule has 1 aliphatic rings. The number of ether oxygens (including phenoxy) is 2. The summed E-state index contributed by atoms with van der Waals surface area (Å²) in [6.45, 7) is 3.41. The topological polar surface area (TPSA) is 169 Å². The van der Waals surface area contributed by atoms with E-state index in [9.17, 15) is 35.4 Å². The molecule has 10 heteroatoms. The summed E-state index contributed by atoms with van der Waals surface area (Å²) in [6, 6.07) is -0.980. The molecule has 7 N–H and O–H groups in total. The normalized spacial score (nSPS) is 23.4. The van der Waals surface area contributed by atoms with E-state index < -0.39 is 55.6 Å². The summed E-state index contributed by atoms with van der Waals surface area (Å²) in [4.78, 5) is 12.8. The zero-order valence-corrected chi connectivity index (χ0v) is 29.9. The Bertz CT molecular complexity index is 728. The highest BCUT2D eigenvalue weighted by molar-refractivity contribution is 5.76. The zero-order chi connectivity index (χ0) is 34.7. The van der Waals surface area contributed by atoms with Gasteiger partial charge in [-0.3, -0.25) is 4.79 Å². The van der Waals surface area contributed by atoms with Crippen molar-refractivity contribution in [3.05, 3.63) is 0 Å². The van der Waals surface area contributed by atoms with Gasteiger partial charge in [0, 0.05) is 6.42 Å². The molecule has 1 aliphatic heterocycles. The molecule has 280 valence electrons. The molecule has 1 heterocycles. The van der Waals surface area contributed by atoms with Gasteiger partial charge < -0.3 is 45.4 Å². The fraction of sp³-hybridized carbons (Fsp3) is 0.973. The fourth-order valence-electron chi connectivity index (χ4n) is 6.31. The van der Waals surface area contributed by atoms with E-state index in [0.717, 1.165) is 44.9 Å². The van der Waals surface area contributed by atoms with E-state index in [0.29, 0.717) is 6.42 Å². The number of carbonyl (C=O) groups is 1. The molecule has 0 unspecified atom stereocenters. The van der Waals surface area contributed by atoms with Crippen LogP contribution >= 0.6 is 0 Å². The van der Waals surface area contributed by atoms with Crippen molar-refractivity contribution in [3.63, 3.8) is 0 Å². The molecule has 0 bridgehead atoms. The molecule has 8 atom stereocenters. The van der Waals surface area contributed by atoms with Gasteiger partial charge in [-0.1, -0.05) is 149 Å². The molecule has 0 saturated carbocycles. The van der Waals surface area contributed by atoms with E-state index in [1.807, 2.05) is 6.92 Å². The number of aliphatic hydroxyl groups is 6. The van der Waals surface area contributed by atoms with E-state index in [-0.39, 0.29) is 18.9 Å². The molecule has 0 aliphatic carbocycles. The average Bonchev–Trinajstić information content (AvgIpc) is 3.07. The lowest BCUT2D eigenvalue weighted by Crippen LogP contribution is -2.60. The van der Waals surface area contributed by atoms with Crippen LogP contribution in [0.1, 0.15) is 168 Å². The van der Waals surface area contributed by atoms with E-state index in [1.54, 1.807) is 0 Å². The van der Waals surface area contributed by atoms with Crippen molar-refractivity contribution in [2.75, 3.05) is 13.2 Å². The maximum atomic E-state index is 12.8. The largest absolute Gasteiger partial charge is 0.394 e. The molecular weight excluding hydrogens is 602 g/mol. The van der Waals surface area contributed by atoms with Crippen molar-refractivity contribution in [1.29, 1.82) is 0 Å². The lowest BCUT2D eigenvalue weighted by Gasteiger charge is -2.40. The highest BCUT2D eigenvalue weighted by atomic mass is 16.7. The van der Waals surface area contributed by atoms with Crippen molar-refractivity contribution in [2.24, 2.45) is 0 Å². The van der Waals surface area contributed by atoms with Crippen LogP contribution in [0, 0.1) is 0 Å². The number of hydrogen-bond donors (Lipinski definition) is 7. The third-order valence-electron chi connectivity index (χ3n) is 9.55. The summed E-state index contributed by atoms with van der Waals surface area (Å²) in [5, 5.41) is 64.0. The molecule has 0 spiro atoms. The van der Waals surface area contributed by atoms with Gasteiger partial charge in [0.1, 0.15) is 30.5 Å². The molecule has 10 nitrogen and oxygen atoms in total. The van der Waals surface area contributed by atoms with E-state index >= 15 is 0 Å². The van der Waals surface area contributed by atoms with Crippen LogP contribution in [0.2, 0.25) is 0 Å². The second-order valence-electron chi connectivity index (χ2n) is 13.9. The van der Waals surface area contributed by atoms with Gasteiger partial charge in [0.15, 0.2) is 6.29 Å². The summed E-state index contributed by atoms with van der Waals surface area (Å²) in [5.74, 6) is -0.265. The Balaban J connectivity index is 2.26. The van der Waals surface area contributed by atoms with E-state index in [1.165, 1.54) is 96.3 Å². The minimum absolute atomic E-state index is 0.265. The van der Waals surface area contributed by atoms with Crippen molar-refractivity contribution < 1.29 is 44.9 Å². The van der Waals surface area contributed by atoms with Crippen LogP contribution in [0.5, 0.6) is 0 Å². The van der Waals surface area contributed by atoms with Crippen molar-refractivity contribution in [3.8, 4) is 0 Å². The monoisotopic (exact) mass is 676 g/mol. The number of aliphatic hydroxyl groups excluding tert-OH is 6. The third-order valence-corrected chi connectivity index (χ3v) is 9.55. The summed E-state index contributed by atoms with van der Waals surface area (Å²) < 4.78 is 11.0. The van der Waals surface area contributed by atoms with Gasteiger partial charge in [-0.2, -0.15) is 0 Å². The van der Waals surface area contributed by atoms with Crippen LogP contribution in [0.4, 0.5) is 0 Å². The Hall–Kier alpha value is -0.850. The highest BCUT2D eigenvalue weighted by Gasteiger charge is 2.44. The SMILES string of the molecule is CCCCCCCCCCCCCCCCCCCCCC(=O)N[C@@H](CO[C@H]1O[C@H](CO)[C@H](O)[C@H](O)[C@H]1O)[C@H](O)[C@H](O)CCCCC. The first-order valence-electron chi connectivity index (χ1n) is 19.3. The predicted molar refractivity (Wildman–Crippen MR) is 186 cm³/mol.